The van der Waals surface area contributed by atoms with Gasteiger partial charge in [-0.1, -0.05) is 12.1 Å². The molecule has 3 heterocycles. The second-order valence-electron chi connectivity index (χ2n) is 7.10. The summed E-state index contributed by atoms with van der Waals surface area (Å²) in [5.41, 5.74) is 1.35. The molecule has 1 aromatic carbocycles. The Balaban J connectivity index is 1.52. The first-order chi connectivity index (χ1) is 14.0. The van der Waals surface area contributed by atoms with Gasteiger partial charge in [-0.3, -0.25) is 9.69 Å². The molecule has 152 valence electrons. The van der Waals surface area contributed by atoms with Crippen LogP contribution < -0.4 is 9.80 Å². The number of likely N-dealkylation sites (N-methyl/N-ethyl adjacent to an activating group) is 1. The number of carbonyl (C=O) groups excluding carboxylic acids is 2. The summed E-state index contributed by atoms with van der Waals surface area (Å²) in [6.45, 7) is 3.61. The quantitative estimate of drug-likeness (QED) is 0.717. The number of anilines is 2. The molecule has 9 heteroatoms. The van der Waals surface area contributed by atoms with E-state index in [2.05, 4.69) is 9.97 Å². The highest BCUT2D eigenvalue weighted by Gasteiger charge is 2.44. The number of ether oxygens (including phenoxy) is 1. The molecule has 2 aliphatic heterocycles. The van der Waals surface area contributed by atoms with Crippen LogP contribution in [0.15, 0.2) is 30.5 Å². The van der Waals surface area contributed by atoms with Crippen molar-refractivity contribution in [2.45, 2.75) is 25.6 Å². The van der Waals surface area contributed by atoms with Gasteiger partial charge in [-0.05, 0) is 24.6 Å². The summed E-state index contributed by atoms with van der Waals surface area (Å²) in [6, 6.07) is 6.13. The molecule has 1 saturated heterocycles. The first kappa shape index (κ1) is 19.3. The third kappa shape index (κ3) is 3.42. The Kier molecular flexibility index (Phi) is 5.14. The lowest BCUT2D eigenvalue weighted by molar-refractivity contribution is -0.108. The fourth-order valence-corrected chi connectivity index (χ4v) is 3.66. The van der Waals surface area contributed by atoms with Gasteiger partial charge in [0.15, 0.2) is 24.1 Å². The molecule has 0 N–H and O–H groups in total. The third-order valence-electron chi connectivity index (χ3n) is 5.29. The van der Waals surface area contributed by atoms with E-state index in [1.807, 2.05) is 13.0 Å². The first-order valence-corrected chi connectivity index (χ1v) is 9.48. The minimum absolute atomic E-state index is 0.0777. The summed E-state index contributed by atoms with van der Waals surface area (Å²) >= 11 is 0. The maximum absolute atomic E-state index is 13.4. The lowest BCUT2D eigenvalue weighted by Gasteiger charge is -2.42. The van der Waals surface area contributed by atoms with Crippen LogP contribution in [0.25, 0.3) is 0 Å². The highest BCUT2D eigenvalue weighted by molar-refractivity contribution is 6.03. The minimum Gasteiger partial charge on any atom is -0.374 e. The lowest BCUT2D eigenvalue weighted by Crippen LogP contribution is -2.57. The molecule has 1 unspecified atom stereocenters. The summed E-state index contributed by atoms with van der Waals surface area (Å²) in [6.07, 6.45) is 1.48. The van der Waals surface area contributed by atoms with Gasteiger partial charge >= 0.3 is 6.03 Å². The van der Waals surface area contributed by atoms with E-state index in [0.717, 1.165) is 5.56 Å². The zero-order valence-corrected chi connectivity index (χ0v) is 16.3. The van der Waals surface area contributed by atoms with Gasteiger partial charge in [0.1, 0.15) is 18.1 Å². The highest BCUT2D eigenvalue weighted by atomic mass is 19.1. The number of aromatic nitrogens is 2. The van der Waals surface area contributed by atoms with Crippen LogP contribution >= 0.6 is 0 Å². The number of aldehydes is 1. The van der Waals surface area contributed by atoms with Crippen LogP contribution in [0.4, 0.5) is 20.7 Å². The fraction of sp³-hybridized carbons (Fsp3) is 0.400. The zero-order valence-electron chi connectivity index (χ0n) is 16.3. The van der Waals surface area contributed by atoms with E-state index in [1.54, 1.807) is 29.1 Å². The summed E-state index contributed by atoms with van der Waals surface area (Å²) in [5, 5.41) is 0. The molecular weight excluding hydrogens is 377 g/mol. The van der Waals surface area contributed by atoms with Crippen molar-refractivity contribution >= 4 is 23.8 Å². The van der Waals surface area contributed by atoms with Gasteiger partial charge in [0.2, 0.25) is 0 Å². The van der Waals surface area contributed by atoms with Crippen LogP contribution in [0.1, 0.15) is 24.2 Å². The highest BCUT2D eigenvalue weighted by Crippen LogP contribution is 2.38. The molecule has 0 radical (unpaired) electrons. The Bertz CT molecular complexity index is 934. The SMILES string of the molecule is CCOCc1ncc2c(n1)N(C)C(C=O)N2C(=O)N1CC(c2cccc(F)c2)C1. The standard InChI is InChI=1S/C20H22FN5O3/c1-3-29-12-17-22-8-16-19(23-17)24(2)18(11-27)26(16)20(28)25-9-14(10-25)13-5-4-6-15(21)7-13/h4-8,11,14,18H,3,9-10,12H2,1-2H3. The molecule has 0 spiro atoms. The number of nitrogens with zero attached hydrogens (tertiary/aromatic N) is 5. The van der Waals surface area contributed by atoms with E-state index < -0.39 is 6.17 Å². The number of rotatable bonds is 5. The predicted octanol–water partition coefficient (Wildman–Crippen LogP) is 2.15. The number of fused-ring (bicyclic) bond motifs is 1. The molecule has 2 amide bonds. The number of carbonyl (C=O) groups is 2. The van der Waals surface area contributed by atoms with Crippen LogP contribution in [0, 0.1) is 5.82 Å². The number of likely N-dealkylation sites (tertiary alicyclic amines) is 1. The number of hydrogen-bond acceptors (Lipinski definition) is 6. The van der Waals surface area contributed by atoms with E-state index in [4.69, 9.17) is 4.74 Å². The van der Waals surface area contributed by atoms with Gasteiger partial charge in [0.25, 0.3) is 0 Å². The maximum atomic E-state index is 13.4. The third-order valence-corrected chi connectivity index (χ3v) is 5.29. The van der Waals surface area contributed by atoms with Crippen molar-refractivity contribution in [1.82, 2.24) is 14.9 Å². The first-order valence-electron chi connectivity index (χ1n) is 9.48. The summed E-state index contributed by atoms with van der Waals surface area (Å²) in [5.74, 6) is 0.797. The van der Waals surface area contributed by atoms with Crippen molar-refractivity contribution in [1.29, 1.82) is 0 Å². The van der Waals surface area contributed by atoms with Crippen molar-refractivity contribution in [3.63, 3.8) is 0 Å². The minimum atomic E-state index is -0.789. The molecule has 2 aliphatic rings. The van der Waals surface area contributed by atoms with E-state index >= 15 is 0 Å². The van der Waals surface area contributed by atoms with Crippen LogP contribution in [0.2, 0.25) is 0 Å². The monoisotopic (exact) mass is 399 g/mol. The molecule has 8 nitrogen and oxygen atoms in total. The number of hydrogen-bond donors (Lipinski definition) is 0. The van der Waals surface area contributed by atoms with E-state index in [9.17, 15) is 14.0 Å². The topological polar surface area (TPSA) is 78.9 Å². The molecule has 4 rings (SSSR count). The lowest BCUT2D eigenvalue weighted by atomic mass is 9.92. The average molecular weight is 399 g/mol. The Hall–Kier alpha value is -3.07. The van der Waals surface area contributed by atoms with Crippen molar-refractivity contribution in [3.05, 3.63) is 47.7 Å². The Morgan fingerprint density at radius 3 is 2.86 bits per heavy atom. The molecule has 0 saturated carbocycles. The zero-order chi connectivity index (χ0) is 20.5. The number of benzene rings is 1. The van der Waals surface area contributed by atoms with Crippen molar-refractivity contribution in [3.8, 4) is 0 Å². The van der Waals surface area contributed by atoms with E-state index in [-0.39, 0.29) is 24.4 Å². The second kappa shape index (κ2) is 7.75. The molecule has 2 aromatic rings. The molecular formula is C20H22FN5O3. The van der Waals surface area contributed by atoms with Crippen LogP contribution in [0.3, 0.4) is 0 Å². The van der Waals surface area contributed by atoms with Crippen LogP contribution in [0.5, 0.6) is 0 Å². The van der Waals surface area contributed by atoms with Crippen molar-refractivity contribution in [2.24, 2.45) is 0 Å². The summed E-state index contributed by atoms with van der Waals surface area (Å²) in [4.78, 5) is 38.3. The van der Waals surface area contributed by atoms with Gasteiger partial charge in [-0.15, -0.1) is 0 Å². The maximum Gasteiger partial charge on any atom is 0.326 e. The number of halogens is 1. The smallest absolute Gasteiger partial charge is 0.326 e. The Morgan fingerprint density at radius 1 is 1.38 bits per heavy atom. The molecule has 29 heavy (non-hydrogen) atoms. The van der Waals surface area contributed by atoms with Crippen molar-refractivity contribution in [2.75, 3.05) is 36.5 Å². The summed E-state index contributed by atoms with van der Waals surface area (Å²) < 4.78 is 18.8. The van der Waals surface area contributed by atoms with Gasteiger partial charge in [-0.2, -0.15) is 0 Å². The van der Waals surface area contributed by atoms with Crippen LogP contribution in [-0.4, -0.2) is 60.1 Å². The predicted molar refractivity (Wildman–Crippen MR) is 104 cm³/mol. The Labute approximate surface area is 167 Å². The van der Waals surface area contributed by atoms with E-state index in [1.165, 1.54) is 17.0 Å². The van der Waals surface area contributed by atoms with Crippen LogP contribution in [-0.2, 0) is 16.1 Å². The molecule has 0 bridgehead atoms. The van der Waals surface area contributed by atoms with Gasteiger partial charge in [0, 0.05) is 32.7 Å². The Morgan fingerprint density at radius 2 is 2.17 bits per heavy atom. The number of amides is 2. The van der Waals surface area contributed by atoms with Gasteiger partial charge < -0.3 is 14.5 Å². The molecule has 0 aliphatic carbocycles. The second-order valence-corrected chi connectivity index (χ2v) is 7.10. The van der Waals surface area contributed by atoms with E-state index in [0.29, 0.717) is 43.3 Å². The molecule has 1 fully saturated rings. The molecule has 1 aromatic heterocycles. The normalized spacial score (nSPS) is 18.6. The molecule has 1 atom stereocenters. The van der Waals surface area contributed by atoms with Crippen molar-refractivity contribution < 1.29 is 18.7 Å². The fourth-order valence-electron chi connectivity index (χ4n) is 3.66. The van der Waals surface area contributed by atoms with Gasteiger partial charge in [-0.25, -0.2) is 19.2 Å². The number of urea groups is 1. The van der Waals surface area contributed by atoms with Gasteiger partial charge in [0.05, 0.1) is 6.20 Å². The average Bonchev–Trinajstić information content (AvgIpc) is 2.96. The largest absolute Gasteiger partial charge is 0.374 e. The summed E-state index contributed by atoms with van der Waals surface area (Å²) in [7, 11) is 1.72.